The van der Waals surface area contributed by atoms with E-state index in [2.05, 4.69) is 34.1 Å². The standard InChI is InChI=1S/C29H32ClFN6O/c1-35(2)19-16-36(17-19)29-33-27-22(28(34-29)37-13-11-24-25(37)10-12-32-24)15-23(30)21(26(27)31)9-8-20(38)14-18-6-4-3-5-7-18/h3-9,14-15,19,24-25,32,38H,10-13,16-17H2,1-2H3/b9-8+,20-14+/t24-,25-/m0/s1. The van der Waals surface area contributed by atoms with Crippen molar-refractivity contribution in [1.29, 1.82) is 0 Å². The van der Waals surface area contributed by atoms with Crippen molar-refractivity contribution in [3.05, 3.63) is 70.2 Å². The van der Waals surface area contributed by atoms with Gasteiger partial charge in [-0.2, -0.15) is 4.98 Å². The third kappa shape index (κ3) is 4.61. The van der Waals surface area contributed by atoms with Crippen LogP contribution in [0.5, 0.6) is 0 Å². The molecule has 4 heterocycles. The number of allylic oxidation sites excluding steroid dienone is 1. The third-order valence-corrected chi connectivity index (χ3v) is 8.27. The molecule has 0 radical (unpaired) electrons. The second kappa shape index (κ2) is 10.2. The van der Waals surface area contributed by atoms with Gasteiger partial charge in [0.25, 0.3) is 0 Å². The van der Waals surface area contributed by atoms with Crippen molar-refractivity contribution in [2.75, 3.05) is 50.1 Å². The summed E-state index contributed by atoms with van der Waals surface area (Å²) >= 11 is 6.64. The van der Waals surface area contributed by atoms with Crippen molar-refractivity contribution >= 4 is 46.4 Å². The molecule has 6 rings (SSSR count). The quantitative estimate of drug-likeness (QED) is 0.350. The Bertz CT molecular complexity index is 1410. The molecule has 0 saturated carbocycles. The molecule has 0 aliphatic carbocycles. The highest BCUT2D eigenvalue weighted by Crippen LogP contribution is 2.39. The Kier molecular flexibility index (Phi) is 6.72. The van der Waals surface area contributed by atoms with E-state index in [1.165, 1.54) is 12.2 Å². The first-order valence-electron chi connectivity index (χ1n) is 13.1. The molecular formula is C29H32ClFN6O. The van der Waals surface area contributed by atoms with Crippen molar-refractivity contribution in [3.8, 4) is 0 Å². The first-order chi connectivity index (χ1) is 18.4. The topological polar surface area (TPSA) is 67.8 Å². The van der Waals surface area contributed by atoms with Gasteiger partial charge in [-0.25, -0.2) is 9.37 Å². The van der Waals surface area contributed by atoms with E-state index in [0.29, 0.717) is 29.5 Å². The van der Waals surface area contributed by atoms with E-state index >= 15 is 4.39 Å². The highest BCUT2D eigenvalue weighted by molar-refractivity contribution is 6.33. The molecule has 3 aromatic rings. The second-order valence-corrected chi connectivity index (χ2v) is 11.0. The molecule has 1 aromatic heterocycles. The molecule has 0 unspecified atom stereocenters. The molecule has 0 spiro atoms. The minimum Gasteiger partial charge on any atom is -0.508 e. The SMILES string of the molecule is CN(C)C1CN(c2nc(N3CC[C@@H]4NCC[C@@H]43)c3cc(Cl)c(/C=C/C(O)=C\c4ccccc4)c(F)c3n2)C1. The van der Waals surface area contributed by atoms with Gasteiger partial charge in [0.15, 0.2) is 5.82 Å². The summed E-state index contributed by atoms with van der Waals surface area (Å²) < 4.78 is 16.1. The van der Waals surface area contributed by atoms with Crippen LogP contribution in [0.25, 0.3) is 23.1 Å². The molecule has 2 aromatic carbocycles. The van der Waals surface area contributed by atoms with Gasteiger partial charge in [-0.1, -0.05) is 41.9 Å². The van der Waals surface area contributed by atoms with Crippen molar-refractivity contribution < 1.29 is 9.50 Å². The predicted octanol–water partition coefficient (Wildman–Crippen LogP) is 4.73. The lowest BCUT2D eigenvalue weighted by atomic mass is 10.1. The average molecular weight is 535 g/mol. The van der Waals surface area contributed by atoms with Crippen molar-refractivity contribution in [3.63, 3.8) is 0 Å². The number of hydrogen-bond donors (Lipinski definition) is 2. The summed E-state index contributed by atoms with van der Waals surface area (Å²) in [4.78, 5) is 16.3. The number of fused-ring (bicyclic) bond motifs is 2. The molecular weight excluding hydrogens is 503 g/mol. The van der Waals surface area contributed by atoms with Crippen LogP contribution in [0.4, 0.5) is 16.2 Å². The largest absolute Gasteiger partial charge is 0.508 e. The number of benzene rings is 2. The minimum absolute atomic E-state index is 0.00276. The van der Waals surface area contributed by atoms with Crippen LogP contribution in [-0.4, -0.2) is 78.4 Å². The van der Waals surface area contributed by atoms with Gasteiger partial charge in [-0.15, -0.1) is 0 Å². The first kappa shape index (κ1) is 25.1. The zero-order chi connectivity index (χ0) is 26.4. The zero-order valence-corrected chi connectivity index (χ0v) is 22.4. The monoisotopic (exact) mass is 534 g/mol. The van der Waals surface area contributed by atoms with Crippen molar-refractivity contribution in [2.45, 2.75) is 31.0 Å². The van der Waals surface area contributed by atoms with Gasteiger partial charge in [-0.05, 0) is 63.3 Å². The summed E-state index contributed by atoms with van der Waals surface area (Å²) in [6, 6.07) is 12.4. The van der Waals surface area contributed by atoms with Gasteiger partial charge in [0.05, 0.1) is 5.02 Å². The summed E-state index contributed by atoms with van der Waals surface area (Å²) in [6.45, 7) is 3.42. The molecule has 2 N–H and O–H groups in total. The van der Waals surface area contributed by atoms with Crippen LogP contribution in [0.15, 0.2) is 48.2 Å². The van der Waals surface area contributed by atoms with Crippen LogP contribution in [0.3, 0.4) is 0 Å². The normalized spacial score (nSPS) is 22.2. The molecule has 3 aliphatic heterocycles. The average Bonchev–Trinajstić information content (AvgIpc) is 3.48. The number of nitrogens with one attached hydrogen (secondary N) is 1. The number of anilines is 2. The lowest BCUT2D eigenvalue weighted by Gasteiger charge is -2.43. The molecule has 3 saturated heterocycles. The van der Waals surface area contributed by atoms with Gasteiger partial charge in [0.1, 0.15) is 17.1 Å². The number of aliphatic hydroxyl groups is 1. The molecule has 3 fully saturated rings. The maximum absolute atomic E-state index is 16.1. The van der Waals surface area contributed by atoms with Crippen LogP contribution < -0.4 is 15.1 Å². The van der Waals surface area contributed by atoms with Crippen molar-refractivity contribution in [1.82, 2.24) is 20.2 Å². The summed E-state index contributed by atoms with van der Waals surface area (Å²) in [7, 11) is 4.13. The van der Waals surface area contributed by atoms with Crippen molar-refractivity contribution in [2.24, 2.45) is 0 Å². The highest BCUT2D eigenvalue weighted by Gasteiger charge is 2.40. The molecule has 2 atom stereocenters. The van der Waals surface area contributed by atoms with Gasteiger partial charge in [0, 0.05) is 48.7 Å². The smallest absolute Gasteiger partial charge is 0.228 e. The second-order valence-electron chi connectivity index (χ2n) is 10.6. The molecule has 198 valence electrons. The predicted molar refractivity (Wildman–Crippen MR) is 152 cm³/mol. The Morgan fingerprint density at radius 3 is 2.74 bits per heavy atom. The van der Waals surface area contributed by atoms with E-state index in [-0.39, 0.29) is 21.9 Å². The molecule has 9 heteroatoms. The molecule has 7 nitrogen and oxygen atoms in total. The van der Waals surface area contributed by atoms with Crippen LogP contribution in [-0.2, 0) is 0 Å². The number of likely N-dealkylation sites (N-methyl/N-ethyl adjacent to an activating group) is 1. The highest BCUT2D eigenvalue weighted by atomic mass is 35.5. The van der Waals surface area contributed by atoms with Gasteiger partial charge in [0.2, 0.25) is 5.95 Å². The number of nitrogens with zero attached hydrogens (tertiary/aromatic N) is 5. The Morgan fingerprint density at radius 1 is 1.18 bits per heavy atom. The van der Waals surface area contributed by atoms with Crippen LogP contribution in [0, 0.1) is 5.82 Å². The third-order valence-electron chi connectivity index (χ3n) is 7.96. The van der Waals surface area contributed by atoms with E-state index in [0.717, 1.165) is 50.4 Å². The Labute approximate surface area is 227 Å². The molecule has 3 aliphatic rings. The van der Waals surface area contributed by atoms with Gasteiger partial charge < -0.3 is 25.1 Å². The van der Waals surface area contributed by atoms with E-state index in [4.69, 9.17) is 21.6 Å². The fraction of sp³-hybridized carbons (Fsp3) is 0.379. The van der Waals surface area contributed by atoms with Gasteiger partial charge >= 0.3 is 0 Å². The number of aliphatic hydroxyl groups excluding tert-OH is 1. The molecule has 38 heavy (non-hydrogen) atoms. The number of aromatic nitrogens is 2. The maximum atomic E-state index is 16.1. The molecule has 0 amide bonds. The van der Waals surface area contributed by atoms with E-state index < -0.39 is 5.82 Å². The number of hydrogen-bond acceptors (Lipinski definition) is 7. The number of halogens is 2. The van der Waals surface area contributed by atoms with E-state index in [1.54, 1.807) is 12.1 Å². The number of rotatable bonds is 6. The fourth-order valence-electron chi connectivity index (χ4n) is 5.71. The minimum atomic E-state index is -0.508. The summed E-state index contributed by atoms with van der Waals surface area (Å²) in [6.07, 6.45) is 6.64. The first-order valence-corrected chi connectivity index (χ1v) is 13.5. The van der Waals surface area contributed by atoms with Crippen LogP contribution >= 0.6 is 11.6 Å². The lowest BCUT2D eigenvalue weighted by Crippen LogP contribution is -2.58. The molecule has 0 bridgehead atoms. The fourth-order valence-corrected chi connectivity index (χ4v) is 5.96. The maximum Gasteiger partial charge on any atom is 0.228 e. The Balaban J connectivity index is 1.41. The van der Waals surface area contributed by atoms with Gasteiger partial charge in [-0.3, -0.25) is 0 Å². The summed E-state index contributed by atoms with van der Waals surface area (Å²) in [5.74, 6) is 0.787. The lowest BCUT2D eigenvalue weighted by molar-refractivity contribution is 0.245. The van der Waals surface area contributed by atoms with Crippen LogP contribution in [0.1, 0.15) is 24.0 Å². The van der Waals surface area contributed by atoms with E-state index in [9.17, 15) is 5.11 Å². The zero-order valence-electron chi connectivity index (χ0n) is 21.6. The van der Waals surface area contributed by atoms with E-state index in [1.807, 2.05) is 30.3 Å². The Hall–Kier alpha value is -3.20. The summed E-state index contributed by atoms with van der Waals surface area (Å²) in [5.41, 5.74) is 1.29. The van der Waals surface area contributed by atoms with Crippen LogP contribution in [0.2, 0.25) is 5.02 Å². The Morgan fingerprint density at radius 2 is 1.97 bits per heavy atom. The summed E-state index contributed by atoms with van der Waals surface area (Å²) in [5, 5.41) is 14.9.